The van der Waals surface area contributed by atoms with Crippen molar-refractivity contribution in [2.75, 3.05) is 0 Å². The van der Waals surface area contributed by atoms with Gasteiger partial charge in [0.05, 0.1) is 0 Å². The van der Waals surface area contributed by atoms with E-state index in [2.05, 4.69) is 15.2 Å². The van der Waals surface area contributed by atoms with E-state index in [1.54, 1.807) is 0 Å². The van der Waals surface area contributed by atoms with E-state index in [1.165, 1.54) is 25.7 Å². The van der Waals surface area contributed by atoms with E-state index < -0.39 is 0 Å². The molecule has 0 atom stereocenters. The molecule has 2 aliphatic carbocycles. The SMILES string of the molecule is O=c1[nH]nc(C(C2CC2)C2CC2)[nH]1. The highest BCUT2D eigenvalue weighted by Gasteiger charge is 2.43. The highest BCUT2D eigenvalue weighted by atomic mass is 16.1. The normalized spacial score (nSPS) is 22.5. The zero-order valence-electron chi connectivity index (χ0n) is 7.42. The fraction of sp³-hybridized carbons (Fsp3) is 0.778. The molecule has 13 heavy (non-hydrogen) atoms. The highest BCUT2D eigenvalue weighted by molar-refractivity contribution is 5.07. The summed E-state index contributed by atoms with van der Waals surface area (Å²) in [5.74, 6) is 3.03. The third kappa shape index (κ3) is 1.30. The molecule has 0 amide bonds. The summed E-state index contributed by atoms with van der Waals surface area (Å²) in [6.45, 7) is 0. The van der Waals surface area contributed by atoms with Crippen LogP contribution in [0.4, 0.5) is 0 Å². The van der Waals surface area contributed by atoms with Crippen LogP contribution in [0.2, 0.25) is 0 Å². The first kappa shape index (κ1) is 7.35. The zero-order valence-corrected chi connectivity index (χ0v) is 7.42. The predicted molar refractivity (Wildman–Crippen MR) is 47.4 cm³/mol. The maximum Gasteiger partial charge on any atom is 0.340 e. The van der Waals surface area contributed by atoms with Crippen molar-refractivity contribution in [2.45, 2.75) is 31.6 Å². The van der Waals surface area contributed by atoms with Gasteiger partial charge in [0.2, 0.25) is 0 Å². The first-order chi connectivity index (χ1) is 6.34. The maximum absolute atomic E-state index is 10.9. The van der Waals surface area contributed by atoms with E-state index in [0.29, 0.717) is 5.92 Å². The molecular formula is C9H13N3O. The number of H-pyrrole nitrogens is 2. The van der Waals surface area contributed by atoms with E-state index in [1.807, 2.05) is 0 Å². The first-order valence-electron chi connectivity index (χ1n) is 4.99. The minimum absolute atomic E-state index is 0.165. The fourth-order valence-corrected chi connectivity index (χ4v) is 2.18. The average molecular weight is 179 g/mol. The third-order valence-corrected chi connectivity index (χ3v) is 3.09. The van der Waals surface area contributed by atoms with Crippen LogP contribution in [0.5, 0.6) is 0 Å². The second-order valence-corrected chi connectivity index (χ2v) is 4.26. The first-order valence-corrected chi connectivity index (χ1v) is 4.99. The van der Waals surface area contributed by atoms with Gasteiger partial charge in [-0.2, -0.15) is 5.10 Å². The minimum atomic E-state index is -0.165. The summed E-state index contributed by atoms with van der Waals surface area (Å²) in [6.07, 6.45) is 5.26. The number of nitrogens with zero attached hydrogens (tertiary/aromatic N) is 1. The quantitative estimate of drug-likeness (QED) is 0.727. The molecule has 0 spiro atoms. The summed E-state index contributed by atoms with van der Waals surface area (Å²) >= 11 is 0. The van der Waals surface area contributed by atoms with Crippen LogP contribution in [0, 0.1) is 11.8 Å². The number of nitrogens with one attached hydrogen (secondary N) is 2. The molecule has 0 saturated heterocycles. The van der Waals surface area contributed by atoms with Gasteiger partial charge in [0, 0.05) is 5.92 Å². The molecule has 2 N–H and O–H groups in total. The van der Waals surface area contributed by atoms with Crippen LogP contribution in [-0.2, 0) is 0 Å². The Morgan fingerprint density at radius 2 is 1.85 bits per heavy atom. The Hall–Kier alpha value is -1.06. The molecule has 2 fully saturated rings. The topological polar surface area (TPSA) is 61.5 Å². The van der Waals surface area contributed by atoms with Crippen molar-refractivity contribution in [2.24, 2.45) is 11.8 Å². The van der Waals surface area contributed by atoms with Gasteiger partial charge in [0.15, 0.2) is 0 Å². The van der Waals surface area contributed by atoms with Crippen molar-refractivity contribution in [1.29, 1.82) is 0 Å². The number of hydrogen-bond acceptors (Lipinski definition) is 2. The summed E-state index contributed by atoms with van der Waals surface area (Å²) in [5, 5.41) is 6.50. The van der Waals surface area contributed by atoms with Crippen molar-refractivity contribution in [3.63, 3.8) is 0 Å². The van der Waals surface area contributed by atoms with E-state index in [-0.39, 0.29) is 5.69 Å². The van der Waals surface area contributed by atoms with Crippen molar-refractivity contribution >= 4 is 0 Å². The number of rotatable bonds is 3. The lowest BCUT2D eigenvalue weighted by Crippen LogP contribution is -2.08. The summed E-state index contributed by atoms with van der Waals surface area (Å²) in [7, 11) is 0. The zero-order chi connectivity index (χ0) is 8.84. The van der Waals surface area contributed by atoms with Crippen molar-refractivity contribution in [3.05, 3.63) is 16.3 Å². The van der Waals surface area contributed by atoms with Crippen LogP contribution in [-0.4, -0.2) is 15.2 Å². The minimum Gasteiger partial charge on any atom is -0.293 e. The van der Waals surface area contributed by atoms with Crippen molar-refractivity contribution < 1.29 is 0 Å². The molecule has 0 aromatic carbocycles. The van der Waals surface area contributed by atoms with Crippen molar-refractivity contribution in [1.82, 2.24) is 15.2 Å². The van der Waals surface area contributed by atoms with Crippen LogP contribution in [0.3, 0.4) is 0 Å². The Balaban J connectivity index is 1.90. The standard InChI is InChI=1S/C9H13N3O/c13-9-10-8(11-12-9)7(5-1-2-5)6-3-4-6/h5-7H,1-4H2,(H2,10,11,12,13). The Bertz CT molecular complexity index is 347. The molecular weight excluding hydrogens is 166 g/mol. The van der Waals surface area contributed by atoms with Crippen LogP contribution in [0.15, 0.2) is 4.79 Å². The molecule has 1 aromatic heterocycles. The molecule has 70 valence electrons. The largest absolute Gasteiger partial charge is 0.340 e. The molecule has 1 heterocycles. The molecule has 2 saturated carbocycles. The van der Waals surface area contributed by atoms with Crippen LogP contribution in [0.25, 0.3) is 0 Å². The van der Waals surface area contributed by atoms with Gasteiger partial charge in [-0.1, -0.05) is 0 Å². The molecule has 3 rings (SSSR count). The van der Waals surface area contributed by atoms with Gasteiger partial charge in [0.1, 0.15) is 5.82 Å². The number of aromatic amines is 2. The molecule has 2 aliphatic rings. The van der Waals surface area contributed by atoms with E-state index >= 15 is 0 Å². The molecule has 0 unspecified atom stereocenters. The summed E-state index contributed by atoms with van der Waals surface area (Å²) in [4.78, 5) is 13.7. The monoisotopic (exact) mass is 179 g/mol. The Morgan fingerprint density at radius 3 is 2.23 bits per heavy atom. The van der Waals surface area contributed by atoms with Gasteiger partial charge in [-0.05, 0) is 37.5 Å². The molecule has 0 bridgehead atoms. The van der Waals surface area contributed by atoms with Gasteiger partial charge >= 0.3 is 5.69 Å². The average Bonchev–Trinajstić information content (AvgIpc) is 2.95. The summed E-state index contributed by atoms with van der Waals surface area (Å²) < 4.78 is 0. The summed E-state index contributed by atoms with van der Waals surface area (Å²) in [6, 6.07) is 0. The van der Waals surface area contributed by atoms with Crippen LogP contribution in [0.1, 0.15) is 37.4 Å². The predicted octanol–water partition coefficient (Wildman–Crippen LogP) is 1.00. The van der Waals surface area contributed by atoms with E-state index in [9.17, 15) is 4.79 Å². The van der Waals surface area contributed by atoms with Gasteiger partial charge in [-0.15, -0.1) is 0 Å². The summed E-state index contributed by atoms with van der Waals surface area (Å²) in [5.41, 5.74) is -0.165. The van der Waals surface area contributed by atoms with Gasteiger partial charge in [-0.3, -0.25) is 4.98 Å². The molecule has 0 radical (unpaired) electrons. The van der Waals surface area contributed by atoms with Crippen LogP contribution < -0.4 is 5.69 Å². The van der Waals surface area contributed by atoms with Gasteiger partial charge in [0.25, 0.3) is 0 Å². The van der Waals surface area contributed by atoms with Crippen molar-refractivity contribution in [3.8, 4) is 0 Å². The Kier molecular flexibility index (Phi) is 1.39. The Labute approximate surface area is 75.8 Å². The third-order valence-electron chi connectivity index (χ3n) is 3.09. The lowest BCUT2D eigenvalue weighted by molar-refractivity contribution is 0.510. The molecule has 1 aromatic rings. The molecule has 0 aliphatic heterocycles. The van der Waals surface area contributed by atoms with Crippen LogP contribution >= 0.6 is 0 Å². The second-order valence-electron chi connectivity index (χ2n) is 4.26. The van der Waals surface area contributed by atoms with Gasteiger partial charge in [-0.25, -0.2) is 9.89 Å². The lowest BCUT2D eigenvalue weighted by atomic mass is 9.97. The number of hydrogen-bond donors (Lipinski definition) is 2. The maximum atomic E-state index is 10.9. The van der Waals surface area contributed by atoms with E-state index in [0.717, 1.165) is 17.7 Å². The number of aromatic nitrogens is 3. The fourth-order valence-electron chi connectivity index (χ4n) is 2.18. The highest BCUT2D eigenvalue weighted by Crippen LogP contribution is 2.53. The smallest absolute Gasteiger partial charge is 0.293 e. The van der Waals surface area contributed by atoms with Gasteiger partial charge < -0.3 is 0 Å². The van der Waals surface area contributed by atoms with E-state index in [4.69, 9.17) is 0 Å². The molecule has 4 heteroatoms. The second kappa shape index (κ2) is 2.47. The lowest BCUT2D eigenvalue weighted by Gasteiger charge is -2.10. The Morgan fingerprint density at radius 1 is 1.23 bits per heavy atom. The molecule has 4 nitrogen and oxygen atoms in total.